The van der Waals surface area contributed by atoms with Crippen LogP contribution in [0.4, 0.5) is 0 Å². The lowest BCUT2D eigenvalue weighted by molar-refractivity contribution is 0.148. The van der Waals surface area contributed by atoms with E-state index in [4.69, 9.17) is 10.5 Å². The van der Waals surface area contributed by atoms with E-state index in [9.17, 15) is 0 Å². The molecular weight excluding hydrogens is 194 g/mol. The van der Waals surface area contributed by atoms with Gasteiger partial charge in [0.25, 0.3) is 0 Å². The van der Waals surface area contributed by atoms with Gasteiger partial charge in [0.15, 0.2) is 0 Å². The minimum absolute atomic E-state index is 0.0341. The molecule has 0 saturated carbocycles. The molecule has 3 heteroatoms. The Kier molecular flexibility index (Phi) is 5.68. The first-order valence-electron chi connectivity index (χ1n) is 4.79. The maximum atomic E-state index is 5.67. The molecule has 0 spiro atoms. The van der Waals surface area contributed by atoms with Crippen molar-refractivity contribution < 1.29 is 4.74 Å². The Bertz CT molecular complexity index is 246. The van der Waals surface area contributed by atoms with Crippen LogP contribution in [0.3, 0.4) is 0 Å². The lowest BCUT2D eigenvalue weighted by Gasteiger charge is -2.09. The van der Waals surface area contributed by atoms with Crippen molar-refractivity contribution in [1.82, 2.24) is 0 Å². The van der Waals surface area contributed by atoms with Gasteiger partial charge in [0, 0.05) is 11.8 Å². The molecule has 0 amide bonds. The van der Waals surface area contributed by atoms with Gasteiger partial charge < -0.3 is 10.5 Å². The van der Waals surface area contributed by atoms with Gasteiger partial charge in [-0.2, -0.15) is 12.6 Å². The average Bonchev–Trinajstić information content (AvgIpc) is 2.46. The lowest BCUT2D eigenvalue weighted by Crippen LogP contribution is -2.28. The summed E-state index contributed by atoms with van der Waals surface area (Å²) in [6, 6.07) is 0.0341. The number of ether oxygens (including phenoxy) is 1. The van der Waals surface area contributed by atoms with Crippen molar-refractivity contribution >= 4 is 12.6 Å². The van der Waals surface area contributed by atoms with Crippen molar-refractivity contribution in [3.05, 3.63) is 36.0 Å². The number of rotatable bonds is 5. The van der Waals surface area contributed by atoms with Crippen LogP contribution in [-0.4, -0.2) is 25.0 Å². The zero-order chi connectivity index (χ0) is 10.2. The molecule has 1 aliphatic carbocycles. The summed E-state index contributed by atoms with van der Waals surface area (Å²) in [4.78, 5) is 0. The van der Waals surface area contributed by atoms with E-state index < -0.39 is 0 Å². The third-order valence-corrected chi connectivity index (χ3v) is 2.38. The van der Waals surface area contributed by atoms with Crippen LogP contribution in [0.1, 0.15) is 6.42 Å². The fourth-order valence-electron chi connectivity index (χ4n) is 1.11. The monoisotopic (exact) mass is 211 g/mol. The van der Waals surface area contributed by atoms with Gasteiger partial charge in [0.1, 0.15) is 0 Å². The molecule has 0 fully saturated rings. The van der Waals surface area contributed by atoms with E-state index in [0.29, 0.717) is 19.0 Å². The molecule has 0 heterocycles. The van der Waals surface area contributed by atoms with Crippen LogP contribution in [0.25, 0.3) is 0 Å². The SMILES string of the molecule is NC(CS)COCC1=CCC=CC=C1. The molecule has 0 bridgehead atoms. The molecule has 0 aliphatic heterocycles. The largest absolute Gasteiger partial charge is 0.375 e. The third kappa shape index (κ3) is 4.65. The summed E-state index contributed by atoms with van der Waals surface area (Å²) in [5, 5.41) is 0. The Morgan fingerprint density at radius 1 is 1.50 bits per heavy atom. The summed E-state index contributed by atoms with van der Waals surface area (Å²) in [6.07, 6.45) is 11.4. The van der Waals surface area contributed by atoms with Crippen molar-refractivity contribution in [2.24, 2.45) is 5.73 Å². The number of thiol groups is 1. The van der Waals surface area contributed by atoms with Gasteiger partial charge in [-0.05, 0) is 12.0 Å². The predicted molar refractivity (Wildman–Crippen MR) is 63.6 cm³/mol. The molecule has 2 N–H and O–H groups in total. The fraction of sp³-hybridized carbons (Fsp3) is 0.455. The average molecular weight is 211 g/mol. The molecular formula is C11H17NOS. The van der Waals surface area contributed by atoms with Gasteiger partial charge in [-0.1, -0.05) is 30.4 Å². The van der Waals surface area contributed by atoms with Crippen molar-refractivity contribution in [3.63, 3.8) is 0 Å². The van der Waals surface area contributed by atoms with Crippen LogP contribution < -0.4 is 5.73 Å². The van der Waals surface area contributed by atoms with Crippen LogP contribution in [0, 0.1) is 0 Å². The Balaban J connectivity index is 2.21. The molecule has 0 aromatic heterocycles. The van der Waals surface area contributed by atoms with Crippen molar-refractivity contribution in [1.29, 1.82) is 0 Å². The minimum atomic E-state index is 0.0341. The van der Waals surface area contributed by atoms with E-state index in [0.717, 1.165) is 6.42 Å². The second kappa shape index (κ2) is 6.87. The highest BCUT2D eigenvalue weighted by Gasteiger charge is 2.00. The summed E-state index contributed by atoms with van der Waals surface area (Å²) < 4.78 is 5.46. The molecule has 1 rings (SSSR count). The lowest BCUT2D eigenvalue weighted by atomic mass is 10.2. The first-order valence-corrected chi connectivity index (χ1v) is 5.42. The molecule has 0 radical (unpaired) electrons. The molecule has 1 unspecified atom stereocenters. The van der Waals surface area contributed by atoms with E-state index in [1.807, 2.05) is 12.2 Å². The Morgan fingerprint density at radius 2 is 2.36 bits per heavy atom. The van der Waals surface area contributed by atoms with E-state index in [1.54, 1.807) is 0 Å². The Hall–Kier alpha value is -0.510. The van der Waals surface area contributed by atoms with Gasteiger partial charge in [0.05, 0.1) is 13.2 Å². The minimum Gasteiger partial charge on any atom is -0.375 e. The summed E-state index contributed by atoms with van der Waals surface area (Å²) in [6.45, 7) is 1.21. The van der Waals surface area contributed by atoms with Crippen LogP contribution in [0.2, 0.25) is 0 Å². The third-order valence-electron chi connectivity index (χ3n) is 1.91. The van der Waals surface area contributed by atoms with Crippen LogP contribution in [0.5, 0.6) is 0 Å². The van der Waals surface area contributed by atoms with Crippen molar-refractivity contribution in [2.75, 3.05) is 19.0 Å². The fourth-order valence-corrected chi connectivity index (χ4v) is 1.22. The second-order valence-electron chi connectivity index (χ2n) is 3.26. The second-order valence-corrected chi connectivity index (χ2v) is 3.62. The summed E-state index contributed by atoms with van der Waals surface area (Å²) in [5.41, 5.74) is 6.88. The van der Waals surface area contributed by atoms with E-state index >= 15 is 0 Å². The molecule has 2 nitrogen and oxygen atoms in total. The quantitative estimate of drug-likeness (QED) is 0.679. The van der Waals surface area contributed by atoms with Crippen LogP contribution in [0.15, 0.2) is 36.0 Å². The van der Waals surface area contributed by atoms with E-state index in [2.05, 4.69) is 30.9 Å². The Labute approximate surface area is 90.9 Å². The zero-order valence-electron chi connectivity index (χ0n) is 8.23. The van der Waals surface area contributed by atoms with Gasteiger partial charge in [-0.3, -0.25) is 0 Å². The van der Waals surface area contributed by atoms with E-state index in [1.165, 1.54) is 5.57 Å². The molecule has 0 aromatic carbocycles. The molecule has 0 aromatic rings. The van der Waals surface area contributed by atoms with Gasteiger partial charge in [-0.15, -0.1) is 0 Å². The van der Waals surface area contributed by atoms with Gasteiger partial charge >= 0.3 is 0 Å². The highest BCUT2D eigenvalue weighted by atomic mass is 32.1. The maximum Gasteiger partial charge on any atom is 0.0714 e. The summed E-state index contributed by atoms with van der Waals surface area (Å²) in [5.74, 6) is 0.663. The maximum absolute atomic E-state index is 5.67. The first kappa shape index (κ1) is 11.6. The molecule has 78 valence electrons. The predicted octanol–water partition coefficient (Wildman–Crippen LogP) is 1.70. The van der Waals surface area contributed by atoms with Crippen molar-refractivity contribution in [2.45, 2.75) is 12.5 Å². The van der Waals surface area contributed by atoms with Crippen LogP contribution >= 0.6 is 12.6 Å². The molecule has 0 saturated heterocycles. The normalized spacial score (nSPS) is 17.7. The van der Waals surface area contributed by atoms with Gasteiger partial charge in [0.2, 0.25) is 0 Å². The summed E-state index contributed by atoms with van der Waals surface area (Å²) >= 11 is 4.09. The highest BCUT2D eigenvalue weighted by Crippen LogP contribution is 2.05. The topological polar surface area (TPSA) is 35.2 Å². The van der Waals surface area contributed by atoms with E-state index in [-0.39, 0.29) is 6.04 Å². The van der Waals surface area contributed by atoms with Crippen molar-refractivity contribution in [3.8, 4) is 0 Å². The molecule has 1 aliphatic rings. The zero-order valence-corrected chi connectivity index (χ0v) is 9.12. The number of allylic oxidation sites excluding steroid dienone is 4. The number of nitrogens with two attached hydrogens (primary N) is 1. The standard InChI is InChI=1S/C11H17NOS/c12-11(9-14)8-13-7-10-5-3-1-2-4-6-10/h1-3,5-6,11,14H,4,7-9,12H2. The highest BCUT2D eigenvalue weighted by molar-refractivity contribution is 7.80. The summed E-state index contributed by atoms with van der Waals surface area (Å²) in [7, 11) is 0. The van der Waals surface area contributed by atoms with Gasteiger partial charge in [-0.25, -0.2) is 0 Å². The van der Waals surface area contributed by atoms with Crippen LogP contribution in [-0.2, 0) is 4.74 Å². The smallest absolute Gasteiger partial charge is 0.0714 e. The number of hydrogen-bond donors (Lipinski definition) is 2. The number of hydrogen-bond acceptors (Lipinski definition) is 3. The Morgan fingerprint density at radius 3 is 3.14 bits per heavy atom. The molecule has 1 atom stereocenters. The first-order chi connectivity index (χ1) is 6.83. The molecule has 14 heavy (non-hydrogen) atoms.